The number of carbonyl (C=O) groups is 2. The first-order chi connectivity index (χ1) is 17.5. The second kappa shape index (κ2) is 11.2. The van der Waals surface area contributed by atoms with E-state index < -0.39 is 17.7 Å². The summed E-state index contributed by atoms with van der Waals surface area (Å²) < 4.78 is 27.8. The fourth-order valence-corrected chi connectivity index (χ4v) is 4.22. The molecular formula is C27H29NO8. The number of Topliss-reactive ketones (excluding diaryl/α,β-unsaturated/α-hetero) is 1. The van der Waals surface area contributed by atoms with E-state index in [1.54, 1.807) is 42.5 Å². The van der Waals surface area contributed by atoms with Crippen molar-refractivity contribution in [1.29, 1.82) is 0 Å². The minimum atomic E-state index is -0.860. The molecule has 1 N–H and O–H groups in total. The summed E-state index contributed by atoms with van der Waals surface area (Å²) in [5.41, 5.74) is 0.888. The molecule has 2 heterocycles. The minimum absolute atomic E-state index is 0.0324. The van der Waals surface area contributed by atoms with Gasteiger partial charge in [-0.25, -0.2) is 0 Å². The van der Waals surface area contributed by atoms with Crippen LogP contribution in [-0.4, -0.2) is 68.4 Å². The molecule has 190 valence electrons. The number of amides is 1. The Hall–Kier alpha value is -3.98. The van der Waals surface area contributed by atoms with Gasteiger partial charge in [-0.05, 0) is 42.8 Å². The standard InChI is InChI=1S/C27H29NO8/c1-4-11-34-19-8-6-17(15-21(19)33-5-2)24-23(26(30)27(31)28(24)10-12-32-3)25(29)18-7-9-20-22(16-18)36-14-13-35-20/h4,6-9,15-16,24,29H,1,5,10-14H2,2-3H3/b25-23-. The first-order valence-electron chi connectivity index (χ1n) is 11.7. The number of hydrogen-bond acceptors (Lipinski definition) is 8. The van der Waals surface area contributed by atoms with Gasteiger partial charge in [0.25, 0.3) is 11.7 Å². The van der Waals surface area contributed by atoms with Crippen molar-refractivity contribution in [1.82, 2.24) is 4.90 Å². The van der Waals surface area contributed by atoms with Gasteiger partial charge in [-0.1, -0.05) is 18.7 Å². The summed E-state index contributed by atoms with van der Waals surface area (Å²) in [6.07, 6.45) is 1.62. The first kappa shape index (κ1) is 25.1. The summed E-state index contributed by atoms with van der Waals surface area (Å²) in [6.45, 7) is 7.35. The Morgan fingerprint density at radius 2 is 1.89 bits per heavy atom. The van der Waals surface area contributed by atoms with E-state index in [4.69, 9.17) is 23.7 Å². The van der Waals surface area contributed by atoms with E-state index >= 15 is 0 Å². The quantitative estimate of drug-likeness (QED) is 0.231. The monoisotopic (exact) mass is 495 g/mol. The Morgan fingerprint density at radius 3 is 2.61 bits per heavy atom. The lowest BCUT2D eigenvalue weighted by atomic mass is 9.94. The highest BCUT2D eigenvalue weighted by Crippen LogP contribution is 2.43. The van der Waals surface area contributed by atoms with Gasteiger partial charge in [0.2, 0.25) is 0 Å². The molecule has 2 aliphatic heterocycles. The third-order valence-corrected chi connectivity index (χ3v) is 5.83. The number of benzene rings is 2. The molecule has 1 amide bonds. The molecule has 1 atom stereocenters. The summed E-state index contributed by atoms with van der Waals surface area (Å²) in [7, 11) is 1.51. The van der Waals surface area contributed by atoms with Crippen LogP contribution in [0.15, 0.2) is 54.6 Å². The van der Waals surface area contributed by atoms with Crippen LogP contribution < -0.4 is 18.9 Å². The highest BCUT2D eigenvalue weighted by atomic mass is 16.6. The molecule has 0 radical (unpaired) electrons. The van der Waals surface area contributed by atoms with Gasteiger partial charge in [-0.3, -0.25) is 9.59 Å². The molecule has 0 aliphatic carbocycles. The predicted octanol–water partition coefficient (Wildman–Crippen LogP) is 3.49. The third-order valence-electron chi connectivity index (χ3n) is 5.83. The predicted molar refractivity (Wildman–Crippen MR) is 132 cm³/mol. The van der Waals surface area contributed by atoms with Gasteiger partial charge in [0, 0.05) is 19.2 Å². The summed E-state index contributed by atoms with van der Waals surface area (Å²) in [5.74, 6) is 0.147. The van der Waals surface area contributed by atoms with Crippen LogP contribution in [-0.2, 0) is 14.3 Å². The molecule has 1 fully saturated rings. The lowest BCUT2D eigenvalue weighted by Gasteiger charge is -2.26. The molecule has 36 heavy (non-hydrogen) atoms. The van der Waals surface area contributed by atoms with Gasteiger partial charge in [0.05, 0.1) is 24.8 Å². The molecule has 0 bridgehead atoms. The largest absolute Gasteiger partial charge is 0.507 e. The number of carbonyl (C=O) groups excluding carboxylic acids is 2. The zero-order valence-corrected chi connectivity index (χ0v) is 20.3. The van der Waals surface area contributed by atoms with Crippen molar-refractivity contribution in [3.05, 3.63) is 65.8 Å². The van der Waals surface area contributed by atoms with E-state index in [1.807, 2.05) is 6.92 Å². The van der Waals surface area contributed by atoms with Gasteiger partial charge in [-0.15, -0.1) is 0 Å². The van der Waals surface area contributed by atoms with Crippen molar-refractivity contribution in [3.63, 3.8) is 0 Å². The van der Waals surface area contributed by atoms with Crippen LogP contribution in [0.2, 0.25) is 0 Å². The number of aliphatic hydroxyl groups excluding tert-OH is 1. The second-order valence-electron chi connectivity index (χ2n) is 8.08. The summed E-state index contributed by atoms with van der Waals surface area (Å²) in [5, 5.41) is 11.3. The molecule has 2 aliphatic rings. The number of fused-ring (bicyclic) bond motifs is 1. The molecule has 9 nitrogen and oxygen atoms in total. The number of ketones is 1. The van der Waals surface area contributed by atoms with Crippen LogP contribution >= 0.6 is 0 Å². The zero-order chi connectivity index (χ0) is 25.7. The Balaban J connectivity index is 1.83. The minimum Gasteiger partial charge on any atom is -0.507 e. The average molecular weight is 496 g/mol. The molecule has 1 unspecified atom stereocenters. The summed E-state index contributed by atoms with van der Waals surface area (Å²) >= 11 is 0. The number of ether oxygens (including phenoxy) is 5. The molecule has 2 aromatic rings. The Bertz CT molecular complexity index is 1190. The van der Waals surface area contributed by atoms with Gasteiger partial charge < -0.3 is 33.7 Å². The molecule has 2 aromatic carbocycles. The Kier molecular flexibility index (Phi) is 7.80. The van der Waals surface area contributed by atoms with Gasteiger partial charge in [0.15, 0.2) is 23.0 Å². The van der Waals surface area contributed by atoms with Crippen LogP contribution in [0.1, 0.15) is 24.1 Å². The smallest absolute Gasteiger partial charge is 0.295 e. The lowest BCUT2D eigenvalue weighted by molar-refractivity contribution is -0.140. The van der Waals surface area contributed by atoms with Crippen molar-refractivity contribution in [2.75, 3.05) is 46.7 Å². The second-order valence-corrected chi connectivity index (χ2v) is 8.08. The molecule has 0 spiro atoms. The van der Waals surface area contributed by atoms with Crippen molar-refractivity contribution in [2.24, 2.45) is 0 Å². The van der Waals surface area contributed by atoms with E-state index in [2.05, 4.69) is 6.58 Å². The summed E-state index contributed by atoms with van der Waals surface area (Å²) in [6, 6.07) is 9.20. The molecule has 0 aromatic heterocycles. The van der Waals surface area contributed by atoms with Gasteiger partial charge in [-0.2, -0.15) is 0 Å². The molecule has 9 heteroatoms. The summed E-state index contributed by atoms with van der Waals surface area (Å²) in [4.78, 5) is 27.7. The van der Waals surface area contributed by atoms with Gasteiger partial charge in [0.1, 0.15) is 25.6 Å². The van der Waals surface area contributed by atoms with Crippen LogP contribution in [0, 0.1) is 0 Å². The number of rotatable bonds is 10. The molecular weight excluding hydrogens is 466 g/mol. The maximum Gasteiger partial charge on any atom is 0.295 e. The number of methoxy groups -OCH3 is 1. The van der Waals surface area contributed by atoms with E-state index in [0.717, 1.165) is 0 Å². The van der Waals surface area contributed by atoms with E-state index in [1.165, 1.54) is 12.0 Å². The number of likely N-dealkylation sites (tertiary alicyclic amines) is 1. The van der Waals surface area contributed by atoms with Gasteiger partial charge >= 0.3 is 0 Å². The van der Waals surface area contributed by atoms with Crippen LogP contribution in [0.3, 0.4) is 0 Å². The molecule has 0 saturated carbocycles. The zero-order valence-electron chi connectivity index (χ0n) is 20.3. The highest BCUT2D eigenvalue weighted by Gasteiger charge is 2.46. The maximum atomic E-state index is 13.2. The molecule has 1 saturated heterocycles. The van der Waals surface area contributed by atoms with Crippen molar-refractivity contribution >= 4 is 17.4 Å². The fraction of sp³-hybridized carbons (Fsp3) is 0.333. The van der Waals surface area contributed by atoms with Crippen LogP contribution in [0.25, 0.3) is 5.76 Å². The van der Waals surface area contributed by atoms with Crippen molar-refractivity contribution < 1.29 is 38.4 Å². The lowest BCUT2D eigenvalue weighted by Crippen LogP contribution is -2.32. The van der Waals surface area contributed by atoms with E-state index in [0.29, 0.717) is 53.9 Å². The number of nitrogens with zero attached hydrogens (tertiary/aromatic N) is 1. The number of hydrogen-bond donors (Lipinski definition) is 1. The Morgan fingerprint density at radius 1 is 1.11 bits per heavy atom. The fourth-order valence-electron chi connectivity index (χ4n) is 4.22. The Labute approximate surface area is 209 Å². The van der Waals surface area contributed by atoms with E-state index in [9.17, 15) is 14.7 Å². The van der Waals surface area contributed by atoms with Crippen LogP contribution in [0.4, 0.5) is 0 Å². The topological polar surface area (TPSA) is 104 Å². The first-order valence-corrected chi connectivity index (χ1v) is 11.7. The van der Waals surface area contributed by atoms with E-state index in [-0.39, 0.29) is 31.1 Å². The number of aliphatic hydroxyl groups is 1. The normalized spacial score (nSPS) is 18.3. The van der Waals surface area contributed by atoms with Crippen LogP contribution in [0.5, 0.6) is 23.0 Å². The SMILES string of the molecule is C=CCOc1ccc(C2/C(=C(/O)c3ccc4c(c3)OCCO4)C(=O)C(=O)N2CCOC)cc1OCC. The third kappa shape index (κ3) is 4.87. The highest BCUT2D eigenvalue weighted by molar-refractivity contribution is 6.46. The van der Waals surface area contributed by atoms with Crippen molar-refractivity contribution in [2.45, 2.75) is 13.0 Å². The molecule has 4 rings (SSSR count). The average Bonchev–Trinajstić information content (AvgIpc) is 3.15. The van der Waals surface area contributed by atoms with Crippen molar-refractivity contribution in [3.8, 4) is 23.0 Å². The maximum absolute atomic E-state index is 13.2.